The van der Waals surface area contributed by atoms with Gasteiger partial charge in [0.05, 0.1) is 24.0 Å². The lowest BCUT2D eigenvalue weighted by molar-refractivity contribution is -0.115. The molecule has 0 aliphatic carbocycles. The van der Waals surface area contributed by atoms with Crippen LogP contribution in [-0.4, -0.2) is 37.9 Å². The molecule has 1 aromatic carbocycles. The van der Waals surface area contributed by atoms with Crippen molar-refractivity contribution in [1.82, 2.24) is 24.9 Å². The molecule has 0 aliphatic rings. The van der Waals surface area contributed by atoms with Crippen LogP contribution in [0.4, 0.5) is 5.69 Å². The first-order valence-electron chi connectivity index (χ1n) is 7.71. The minimum absolute atomic E-state index is 0.117. The van der Waals surface area contributed by atoms with Crippen molar-refractivity contribution in [1.29, 1.82) is 0 Å². The third-order valence-corrected chi connectivity index (χ3v) is 3.81. The molecule has 0 radical (unpaired) electrons. The highest BCUT2D eigenvalue weighted by atomic mass is 16.2. The fraction of sp³-hybridized carbons (Fsp3) is 0.176. The highest BCUT2D eigenvalue weighted by Gasteiger charge is 2.13. The summed E-state index contributed by atoms with van der Waals surface area (Å²) in [6.45, 7) is 1.68. The summed E-state index contributed by atoms with van der Waals surface area (Å²) >= 11 is 0. The van der Waals surface area contributed by atoms with Crippen molar-refractivity contribution in [3.63, 3.8) is 0 Å². The number of amides is 2. The average molecular weight is 338 g/mol. The normalized spacial score (nSPS) is 10.5. The molecule has 0 atom stereocenters. The summed E-state index contributed by atoms with van der Waals surface area (Å²) in [6, 6.07) is 9.09. The molecule has 2 heterocycles. The third kappa shape index (κ3) is 3.74. The van der Waals surface area contributed by atoms with Crippen molar-refractivity contribution in [2.75, 3.05) is 11.9 Å². The molecule has 8 nitrogen and oxygen atoms in total. The highest BCUT2D eigenvalue weighted by molar-refractivity contribution is 5.99. The lowest BCUT2D eigenvalue weighted by Crippen LogP contribution is -2.33. The van der Waals surface area contributed by atoms with Crippen LogP contribution in [0.1, 0.15) is 16.1 Å². The average Bonchev–Trinajstić information content (AvgIpc) is 3.25. The quantitative estimate of drug-likeness (QED) is 0.733. The van der Waals surface area contributed by atoms with Gasteiger partial charge in [0.1, 0.15) is 0 Å². The van der Waals surface area contributed by atoms with Crippen molar-refractivity contribution < 1.29 is 9.59 Å². The summed E-state index contributed by atoms with van der Waals surface area (Å²) in [5.41, 5.74) is 2.74. The molecule has 0 aliphatic heterocycles. The zero-order chi connectivity index (χ0) is 17.8. The van der Waals surface area contributed by atoms with Gasteiger partial charge >= 0.3 is 0 Å². The lowest BCUT2D eigenvalue weighted by atomic mass is 10.2. The number of hydrogen-bond donors (Lipinski definition) is 2. The molecular weight excluding hydrogens is 320 g/mol. The van der Waals surface area contributed by atoms with Crippen molar-refractivity contribution in [3.8, 4) is 5.69 Å². The zero-order valence-corrected chi connectivity index (χ0v) is 13.9. The molecule has 0 saturated carbocycles. The molecule has 0 fully saturated rings. The number of benzene rings is 1. The number of nitrogens with one attached hydrogen (secondary N) is 2. The van der Waals surface area contributed by atoms with Gasteiger partial charge in [-0.3, -0.25) is 14.3 Å². The maximum atomic E-state index is 12.1. The van der Waals surface area contributed by atoms with E-state index in [9.17, 15) is 9.59 Å². The summed E-state index contributed by atoms with van der Waals surface area (Å²) in [7, 11) is 1.76. The number of aryl methyl sites for hydroxylation is 1. The predicted molar refractivity (Wildman–Crippen MR) is 92.5 cm³/mol. The van der Waals surface area contributed by atoms with Crippen LogP contribution in [0.15, 0.2) is 48.9 Å². The van der Waals surface area contributed by atoms with Gasteiger partial charge in [0.2, 0.25) is 5.91 Å². The Balaban J connectivity index is 1.54. The molecule has 25 heavy (non-hydrogen) atoms. The summed E-state index contributed by atoms with van der Waals surface area (Å²) in [5, 5.41) is 13.5. The molecule has 8 heteroatoms. The predicted octanol–water partition coefficient (Wildman–Crippen LogP) is 1.28. The van der Waals surface area contributed by atoms with Crippen LogP contribution < -0.4 is 10.6 Å². The monoisotopic (exact) mass is 338 g/mol. The number of carbonyl (C=O) groups excluding carboxylic acids is 2. The molecule has 2 amide bonds. The van der Waals surface area contributed by atoms with E-state index in [4.69, 9.17) is 0 Å². The maximum Gasteiger partial charge on any atom is 0.255 e. The first-order valence-corrected chi connectivity index (χ1v) is 7.71. The fourth-order valence-corrected chi connectivity index (χ4v) is 2.30. The summed E-state index contributed by atoms with van der Waals surface area (Å²) in [4.78, 5) is 24.0. The topological polar surface area (TPSA) is 93.8 Å². The Hall–Kier alpha value is -3.42. The van der Waals surface area contributed by atoms with E-state index < -0.39 is 0 Å². The van der Waals surface area contributed by atoms with Crippen LogP contribution in [0.3, 0.4) is 0 Å². The van der Waals surface area contributed by atoms with Gasteiger partial charge in [0.25, 0.3) is 5.91 Å². The highest BCUT2D eigenvalue weighted by Crippen LogP contribution is 2.12. The zero-order valence-electron chi connectivity index (χ0n) is 13.9. The standard InChI is InChI=1S/C17H18N6O2/c1-12-15(10-20-22(12)2)17(25)18-11-16(24)21-13-4-6-14(7-5-13)23-9-3-8-19-23/h3-10H,11H2,1-2H3,(H,18,25)(H,21,24). The number of rotatable bonds is 5. The third-order valence-electron chi connectivity index (χ3n) is 3.81. The van der Waals surface area contributed by atoms with E-state index >= 15 is 0 Å². The smallest absolute Gasteiger partial charge is 0.255 e. The van der Waals surface area contributed by atoms with Crippen molar-refractivity contribution in [2.24, 2.45) is 7.05 Å². The Morgan fingerprint density at radius 1 is 1.16 bits per heavy atom. The van der Waals surface area contributed by atoms with Gasteiger partial charge in [-0.15, -0.1) is 0 Å². The van der Waals surface area contributed by atoms with Crippen molar-refractivity contribution in [3.05, 3.63) is 60.2 Å². The van der Waals surface area contributed by atoms with Gasteiger partial charge in [0.15, 0.2) is 0 Å². The largest absolute Gasteiger partial charge is 0.343 e. The first-order chi connectivity index (χ1) is 12.0. The van der Waals surface area contributed by atoms with Gasteiger partial charge in [-0.05, 0) is 37.3 Å². The van der Waals surface area contributed by atoms with Crippen LogP contribution in [0.25, 0.3) is 5.69 Å². The second-order valence-corrected chi connectivity index (χ2v) is 5.50. The van der Waals surface area contributed by atoms with E-state index in [1.165, 1.54) is 6.20 Å². The molecule has 128 valence electrons. The Morgan fingerprint density at radius 2 is 1.92 bits per heavy atom. The van der Waals surface area contributed by atoms with Gasteiger partial charge in [0, 0.05) is 30.8 Å². The molecule has 2 N–H and O–H groups in total. The second kappa shape index (κ2) is 7.00. The van der Waals surface area contributed by atoms with E-state index in [0.29, 0.717) is 11.3 Å². The van der Waals surface area contributed by atoms with E-state index in [1.807, 2.05) is 24.4 Å². The first kappa shape index (κ1) is 16.4. The number of nitrogens with zero attached hydrogens (tertiary/aromatic N) is 4. The number of aromatic nitrogens is 4. The van der Waals surface area contributed by atoms with E-state index in [-0.39, 0.29) is 18.4 Å². The summed E-state index contributed by atoms with van der Waals surface area (Å²) < 4.78 is 3.33. The van der Waals surface area contributed by atoms with Crippen molar-refractivity contribution >= 4 is 17.5 Å². The minimum Gasteiger partial charge on any atom is -0.343 e. The summed E-state index contributed by atoms with van der Waals surface area (Å²) in [6.07, 6.45) is 5.02. The van der Waals surface area contributed by atoms with E-state index in [1.54, 1.807) is 41.7 Å². The molecule has 0 bridgehead atoms. The lowest BCUT2D eigenvalue weighted by Gasteiger charge is -2.08. The molecule has 0 spiro atoms. The molecule has 0 unspecified atom stereocenters. The SMILES string of the molecule is Cc1c(C(=O)NCC(=O)Nc2ccc(-n3cccn3)cc2)cnn1C. The van der Waals surface area contributed by atoms with Crippen LogP contribution in [-0.2, 0) is 11.8 Å². The molecular formula is C17H18N6O2. The van der Waals surface area contributed by atoms with Crippen LogP contribution in [0.2, 0.25) is 0 Å². The molecule has 3 aromatic rings. The molecule has 3 rings (SSSR count). The van der Waals surface area contributed by atoms with Gasteiger partial charge in [-0.1, -0.05) is 0 Å². The Bertz CT molecular complexity index is 881. The van der Waals surface area contributed by atoms with Gasteiger partial charge in [-0.25, -0.2) is 4.68 Å². The Kier molecular flexibility index (Phi) is 4.60. The van der Waals surface area contributed by atoms with Crippen molar-refractivity contribution in [2.45, 2.75) is 6.92 Å². The Morgan fingerprint density at radius 3 is 2.52 bits per heavy atom. The maximum absolute atomic E-state index is 12.1. The second-order valence-electron chi connectivity index (χ2n) is 5.50. The number of hydrogen-bond acceptors (Lipinski definition) is 4. The van der Waals surface area contributed by atoms with Crippen LogP contribution >= 0.6 is 0 Å². The molecule has 2 aromatic heterocycles. The van der Waals surface area contributed by atoms with Gasteiger partial charge in [-0.2, -0.15) is 10.2 Å². The fourth-order valence-electron chi connectivity index (χ4n) is 2.30. The number of carbonyl (C=O) groups is 2. The molecule has 0 saturated heterocycles. The summed E-state index contributed by atoms with van der Waals surface area (Å²) in [5.74, 6) is -0.628. The number of anilines is 1. The minimum atomic E-state index is -0.324. The van der Waals surface area contributed by atoms with Crippen LogP contribution in [0, 0.1) is 6.92 Å². The van der Waals surface area contributed by atoms with E-state index in [0.717, 1.165) is 11.4 Å². The van der Waals surface area contributed by atoms with Gasteiger partial charge < -0.3 is 10.6 Å². The van der Waals surface area contributed by atoms with Crippen LogP contribution in [0.5, 0.6) is 0 Å². The Labute approximate surface area is 144 Å². The van der Waals surface area contributed by atoms with E-state index in [2.05, 4.69) is 20.8 Å².